The number of carboxylic acid groups (broad SMARTS) is 1. The topological polar surface area (TPSA) is 486 Å². The number of hydrogen-bond acceptors (Lipinski definition) is 23. The highest BCUT2D eigenvalue weighted by Gasteiger charge is 2.44. The van der Waals surface area contributed by atoms with E-state index in [1.165, 1.54) is 24.3 Å². The molecule has 2 saturated heterocycles. The van der Waals surface area contributed by atoms with Crippen LogP contribution in [0.1, 0.15) is 89.8 Å². The summed E-state index contributed by atoms with van der Waals surface area (Å²) in [4.78, 5) is 151. The number of ketones is 1. The van der Waals surface area contributed by atoms with E-state index in [1.54, 1.807) is 67.7 Å². The third kappa shape index (κ3) is 23.2. The number of aromatic nitrogens is 1. The van der Waals surface area contributed by atoms with E-state index in [4.69, 9.17) is 4.74 Å². The minimum Gasteiger partial charge on any atom is -0.511 e. The number of unbranched alkanes of at least 4 members (excludes halogenated alkanes) is 1. The summed E-state index contributed by atoms with van der Waals surface area (Å²) in [6.07, 6.45) is -8.33. The molecule has 1 aromatic heterocycles. The Hall–Kier alpha value is -8.12. The molecule has 1 aliphatic carbocycles. The lowest BCUT2D eigenvalue weighted by Gasteiger charge is -2.39. The molecule has 30 nitrogen and oxygen atoms in total. The first kappa shape index (κ1) is 80.2. The summed E-state index contributed by atoms with van der Waals surface area (Å²) in [5.41, 5.74) is 0.875. The first-order valence-electron chi connectivity index (χ1n) is 32.9. The number of amides is 8. The van der Waals surface area contributed by atoms with Crippen molar-refractivity contribution >= 4 is 109 Å². The van der Waals surface area contributed by atoms with Crippen LogP contribution in [0.5, 0.6) is 5.75 Å². The van der Waals surface area contributed by atoms with Gasteiger partial charge in [0.05, 0.1) is 24.4 Å². The normalized spacial score (nSPS) is 25.8. The fourth-order valence-corrected chi connectivity index (χ4v) is 15.1. The molecule has 0 radical (unpaired) electrons. The van der Waals surface area contributed by atoms with E-state index >= 15 is 14.4 Å². The molecular formula is C68H90N10O20S3. The molecule has 0 spiro atoms. The Bertz CT molecular complexity index is 3630. The molecule has 0 saturated carbocycles. The molecule has 0 bridgehead atoms. The van der Waals surface area contributed by atoms with Gasteiger partial charge in [-0.25, -0.2) is 4.79 Å². The Kier molecular flexibility index (Phi) is 29.9. The average Bonchev–Trinajstić information content (AvgIpc) is 1.78. The number of rotatable bonds is 25. The number of aliphatic carboxylic acids is 1. The zero-order valence-corrected chi connectivity index (χ0v) is 58.8. The number of H-pyrrole nitrogens is 1. The van der Waals surface area contributed by atoms with Crippen LogP contribution in [0.15, 0.2) is 101 Å². The number of aliphatic imine (C=N–C) groups is 1. The molecule has 8 amide bonds. The van der Waals surface area contributed by atoms with Crippen LogP contribution in [0.4, 0.5) is 0 Å². The molecule has 18 N–H and O–H groups in total. The Morgan fingerprint density at radius 1 is 0.733 bits per heavy atom. The van der Waals surface area contributed by atoms with Crippen molar-refractivity contribution in [3.8, 4) is 5.75 Å². The number of para-hydroxylation sites is 1. The van der Waals surface area contributed by atoms with Gasteiger partial charge >= 0.3 is 5.97 Å². The maximum absolute atomic E-state index is 15.3. The summed E-state index contributed by atoms with van der Waals surface area (Å²) in [6.45, 7) is 6.95. The van der Waals surface area contributed by atoms with Crippen molar-refractivity contribution in [2.75, 3.05) is 30.4 Å². The second-order valence-electron chi connectivity index (χ2n) is 26.0. The van der Waals surface area contributed by atoms with E-state index in [-0.39, 0.29) is 93.0 Å². The van der Waals surface area contributed by atoms with Crippen LogP contribution in [0.25, 0.3) is 10.9 Å². The predicted molar refractivity (Wildman–Crippen MR) is 376 cm³/mol. The van der Waals surface area contributed by atoms with Gasteiger partial charge in [-0.15, -0.1) is 11.8 Å². The SMILES string of the molecule is CC(=NCCCC[C@@H]1NC(=O)[C@@H](Cc2c[nH]c3ccccc23)NC(=O)[C@H](Cc2ccc(O)cc2)NC(=O)[C@@H](NC(=O)[C@@H](Cc2ccccc2)NC(=O)CCS[C@@H]2O[C@H](CO)[C@H](O)[C@H](O)[C@H]2O)CSSC[C@@H](C(=O)N[C@@H](C(=O)O)[C@@H](C)O)NC(=O)[C@H]([C@@H](C)O)NC1=O)C1=C(O)CC(C)(C)CC1=O. The van der Waals surface area contributed by atoms with Gasteiger partial charge in [0.15, 0.2) is 11.8 Å². The first-order chi connectivity index (χ1) is 47.9. The number of ether oxygens (including phenoxy) is 1. The third-order valence-corrected chi connectivity index (χ3v) is 20.7. The Balaban J connectivity index is 1.26. The molecule has 2 fully saturated rings. The number of aromatic hydroxyl groups is 1. The van der Waals surface area contributed by atoms with Crippen molar-refractivity contribution in [1.29, 1.82) is 0 Å². The highest BCUT2D eigenvalue weighted by molar-refractivity contribution is 8.76. The number of phenols is 1. The van der Waals surface area contributed by atoms with Gasteiger partial charge in [-0.05, 0) is 80.3 Å². The van der Waals surface area contributed by atoms with Gasteiger partial charge in [0, 0.05) is 85.1 Å². The lowest BCUT2D eigenvalue weighted by molar-refractivity contribution is -0.205. The molecule has 15 atom stereocenters. The number of Topliss-reactive ketones (excluding diaryl/α,β-unsaturated/α-hetero) is 1. The van der Waals surface area contributed by atoms with Crippen LogP contribution in [0.2, 0.25) is 0 Å². The van der Waals surface area contributed by atoms with Gasteiger partial charge in [-0.2, -0.15) is 0 Å². The first-order valence-corrected chi connectivity index (χ1v) is 36.5. The second kappa shape index (κ2) is 37.7. The quantitative estimate of drug-likeness (QED) is 0.0232. The van der Waals surface area contributed by atoms with Crippen LogP contribution in [-0.2, 0) is 71.9 Å². The van der Waals surface area contributed by atoms with Gasteiger partial charge in [0.25, 0.3) is 0 Å². The zero-order chi connectivity index (χ0) is 73.8. The summed E-state index contributed by atoms with van der Waals surface area (Å²) in [5.74, 6) is -11.1. The van der Waals surface area contributed by atoms with Gasteiger partial charge in [-0.1, -0.05) is 96.1 Å². The predicted octanol–water partition coefficient (Wildman–Crippen LogP) is -0.223. The molecular weight excluding hydrogens is 1370 g/mol. The number of thioether (sulfide) groups is 1. The number of nitrogens with zero attached hydrogens (tertiary/aromatic N) is 1. The summed E-state index contributed by atoms with van der Waals surface area (Å²) in [6, 6.07) is 7.73. The Labute approximate surface area is 594 Å². The maximum Gasteiger partial charge on any atom is 0.328 e. The molecule has 3 aromatic carbocycles. The van der Waals surface area contributed by atoms with E-state index in [1.807, 2.05) is 13.8 Å². The number of benzene rings is 3. The number of aliphatic hydroxyl groups is 7. The number of carbonyl (C=O) groups is 10. The highest BCUT2D eigenvalue weighted by Crippen LogP contribution is 2.36. The molecule has 4 aromatic rings. The molecule has 2 aliphatic heterocycles. The highest BCUT2D eigenvalue weighted by atomic mass is 33.1. The van der Waals surface area contributed by atoms with E-state index in [2.05, 4.69) is 52.5 Å². The summed E-state index contributed by atoms with van der Waals surface area (Å²) >= 11 is 0.894. The zero-order valence-electron chi connectivity index (χ0n) is 56.3. The molecule has 550 valence electrons. The van der Waals surface area contributed by atoms with Crippen molar-refractivity contribution in [2.24, 2.45) is 10.4 Å². The number of hydrogen-bond donors (Lipinski definition) is 18. The van der Waals surface area contributed by atoms with E-state index in [0.29, 0.717) is 33.3 Å². The largest absolute Gasteiger partial charge is 0.511 e. The van der Waals surface area contributed by atoms with Gasteiger partial charge in [0.1, 0.15) is 83.7 Å². The number of carboxylic acids is 1. The molecule has 33 heteroatoms. The average molecular weight is 1460 g/mol. The van der Waals surface area contributed by atoms with Crippen molar-refractivity contribution in [1.82, 2.24) is 47.5 Å². The number of aromatic amines is 1. The van der Waals surface area contributed by atoms with Gasteiger partial charge < -0.3 is 98.2 Å². The Morgan fingerprint density at radius 2 is 1.38 bits per heavy atom. The Morgan fingerprint density at radius 3 is 2.04 bits per heavy atom. The second-order valence-corrected chi connectivity index (χ2v) is 29.7. The smallest absolute Gasteiger partial charge is 0.328 e. The number of phenolic OH excluding ortho intramolecular Hbond substituents is 1. The van der Waals surface area contributed by atoms with Crippen LogP contribution in [-0.4, -0.2) is 236 Å². The van der Waals surface area contributed by atoms with Gasteiger partial charge in [0.2, 0.25) is 47.3 Å². The van der Waals surface area contributed by atoms with E-state index in [0.717, 1.165) is 47.2 Å². The van der Waals surface area contributed by atoms with Crippen molar-refractivity contribution in [2.45, 2.75) is 183 Å². The number of aliphatic hydroxyl groups excluding tert-OH is 7. The third-order valence-electron chi connectivity index (χ3n) is 17.2. The van der Waals surface area contributed by atoms with E-state index < -0.39 is 167 Å². The van der Waals surface area contributed by atoms with Crippen LogP contribution < -0.4 is 42.5 Å². The number of fused-ring (bicyclic) bond motifs is 1. The van der Waals surface area contributed by atoms with Crippen LogP contribution >= 0.6 is 33.3 Å². The monoisotopic (exact) mass is 1460 g/mol. The molecule has 7 rings (SSSR count). The minimum absolute atomic E-state index is 0.0702. The molecule has 3 heterocycles. The van der Waals surface area contributed by atoms with Crippen molar-refractivity contribution in [3.63, 3.8) is 0 Å². The molecule has 101 heavy (non-hydrogen) atoms. The van der Waals surface area contributed by atoms with Crippen LogP contribution in [0.3, 0.4) is 0 Å². The number of carbonyl (C=O) groups excluding carboxylic acids is 9. The molecule has 0 unspecified atom stereocenters. The fourth-order valence-electron chi connectivity index (χ4n) is 11.6. The standard InChI is InChI=1S/C68H90N10O20S3/c1-34(53-49(83)28-68(4,5)29-50(53)84)69-23-12-11-17-43-59(89)77-54(35(2)80)65(95)76-48(64(94)78-55(36(3)81)66(96)97)33-101-100-32-47(75-60(90)44(25-37-13-7-6-8-14-37)71-52(85)22-24-99-67-58(88)57(87)56(86)51(31-79)98-67)63(93)73-45(26-38-18-20-40(82)21-19-38)61(91)74-46(62(92)72-43)27-39-30-70-42-16-10-9-15-41(39)42/h6-10,13-16,18-21,30,35-36,43-48,51,54-58,67,70,79-83,86-88H,11-12,17,22-29,31-33H2,1-5H3,(H,71,85)(H,72,92)(H,73,93)(H,74,91)(H,75,90)(H,76,95)(H,77,89)(H,78,94)(H,96,97)/t35-,36-,43+,44-,45+,46-,47+,48+,51-,54+,55-,56+,57+,58-,67+/m1/s1. The fraction of sp³-hybridized carbons (Fsp3) is 0.515. The lowest BCUT2D eigenvalue weighted by Crippen LogP contribution is -2.62. The lowest BCUT2D eigenvalue weighted by atomic mass is 9.76. The van der Waals surface area contributed by atoms with Crippen molar-refractivity contribution in [3.05, 3.63) is 113 Å². The number of nitrogens with one attached hydrogen (secondary N) is 9. The number of allylic oxidation sites excluding steroid dienone is 2. The summed E-state index contributed by atoms with van der Waals surface area (Å²) < 4.78 is 5.57. The maximum atomic E-state index is 15.3. The molecule has 3 aliphatic rings. The summed E-state index contributed by atoms with van der Waals surface area (Å²) in [7, 11) is 1.65. The van der Waals surface area contributed by atoms with Crippen molar-refractivity contribution < 1.29 is 98.6 Å². The van der Waals surface area contributed by atoms with E-state index in [9.17, 15) is 79.5 Å². The minimum atomic E-state index is -1.92. The van der Waals surface area contributed by atoms with Crippen LogP contribution in [0, 0.1) is 5.41 Å². The summed E-state index contributed by atoms with van der Waals surface area (Å²) in [5, 5.41) is 115. The van der Waals surface area contributed by atoms with Gasteiger partial charge in [-0.3, -0.25) is 48.1 Å².